The predicted molar refractivity (Wildman–Crippen MR) is 79.9 cm³/mol. The summed E-state index contributed by atoms with van der Waals surface area (Å²) < 4.78 is 19.0. The lowest BCUT2D eigenvalue weighted by Crippen LogP contribution is -2.44. The maximum atomic E-state index is 13.3. The highest BCUT2D eigenvalue weighted by molar-refractivity contribution is 5.89. The number of ether oxygens (including phenoxy) is 1. The van der Waals surface area contributed by atoms with Crippen molar-refractivity contribution >= 4 is 11.7 Å². The van der Waals surface area contributed by atoms with Crippen LogP contribution in [0, 0.1) is 5.82 Å². The lowest BCUT2D eigenvalue weighted by molar-refractivity contribution is -0.0136. The van der Waals surface area contributed by atoms with Gasteiger partial charge in [0.05, 0.1) is 25.0 Å². The van der Waals surface area contributed by atoms with Crippen LogP contribution in [0.4, 0.5) is 14.9 Å². The predicted octanol–water partition coefficient (Wildman–Crippen LogP) is 2.83. The Morgan fingerprint density at radius 2 is 2.27 bits per heavy atom. The van der Waals surface area contributed by atoms with Gasteiger partial charge in [0, 0.05) is 12.7 Å². The zero-order chi connectivity index (χ0) is 15.4. The molecule has 2 aromatic rings. The van der Waals surface area contributed by atoms with Crippen molar-refractivity contribution in [2.75, 3.05) is 25.0 Å². The summed E-state index contributed by atoms with van der Waals surface area (Å²) in [4.78, 5) is 17.9. The van der Waals surface area contributed by atoms with Crippen LogP contribution in [-0.4, -0.2) is 35.6 Å². The summed E-state index contributed by atoms with van der Waals surface area (Å²) >= 11 is 0. The van der Waals surface area contributed by atoms with Gasteiger partial charge in [0.25, 0.3) is 0 Å². The summed E-state index contributed by atoms with van der Waals surface area (Å²) in [7, 11) is 0. The van der Waals surface area contributed by atoms with Gasteiger partial charge in [0.15, 0.2) is 0 Å². The highest BCUT2D eigenvalue weighted by Gasteiger charge is 2.25. The highest BCUT2D eigenvalue weighted by Crippen LogP contribution is 2.23. The molecule has 1 aliphatic rings. The molecule has 5 nitrogen and oxygen atoms in total. The van der Waals surface area contributed by atoms with E-state index in [1.807, 2.05) is 0 Å². The quantitative estimate of drug-likeness (QED) is 0.928. The molecule has 0 radical (unpaired) electrons. The number of rotatable bonds is 2. The first-order valence-corrected chi connectivity index (χ1v) is 7.05. The number of morpholine rings is 1. The standard InChI is InChI=1S/C16H16FN3O2/c17-13-4-1-3-12(9-13)15-11-20(7-8-22-15)16(21)19-14-5-2-6-18-10-14/h1-6,9-10,15H,7-8,11H2,(H,19,21). The molecule has 1 N–H and O–H groups in total. The summed E-state index contributed by atoms with van der Waals surface area (Å²) in [6, 6.07) is 9.59. The first-order valence-electron chi connectivity index (χ1n) is 7.05. The van der Waals surface area contributed by atoms with Gasteiger partial charge in [-0.15, -0.1) is 0 Å². The van der Waals surface area contributed by atoms with Gasteiger partial charge >= 0.3 is 6.03 Å². The van der Waals surface area contributed by atoms with Gasteiger partial charge in [-0.1, -0.05) is 12.1 Å². The molecule has 0 saturated carbocycles. The smallest absolute Gasteiger partial charge is 0.322 e. The molecule has 1 aromatic carbocycles. The van der Waals surface area contributed by atoms with Crippen molar-refractivity contribution in [3.05, 3.63) is 60.2 Å². The largest absolute Gasteiger partial charge is 0.370 e. The average Bonchev–Trinajstić information content (AvgIpc) is 2.56. The first kappa shape index (κ1) is 14.5. The Bertz CT molecular complexity index is 651. The number of amides is 2. The van der Waals surface area contributed by atoms with E-state index in [2.05, 4.69) is 10.3 Å². The molecule has 3 rings (SSSR count). The summed E-state index contributed by atoms with van der Waals surface area (Å²) in [5, 5.41) is 2.79. The van der Waals surface area contributed by atoms with Crippen molar-refractivity contribution in [3.63, 3.8) is 0 Å². The summed E-state index contributed by atoms with van der Waals surface area (Å²) in [5.41, 5.74) is 1.38. The van der Waals surface area contributed by atoms with Crippen molar-refractivity contribution in [3.8, 4) is 0 Å². The van der Waals surface area contributed by atoms with Crippen molar-refractivity contribution in [2.24, 2.45) is 0 Å². The maximum Gasteiger partial charge on any atom is 0.322 e. The van der Waals surface area contributed by atoms with Crippen LogP contribution in [0.25, 0.3) is 0 Å². The molecule has 1 saturated heterocycles. The van der Waals surface area contributed by atoms with E-state index in [0.717, 1.165) is 5.56 Å². The number of aromatic nitrogens is 1. The highest BCUT2D eigenvalue weighted by atomic mass is 19.1. The SMILES string of the molecule is O=C(Nc1cccnc1)N1CCOC(c2cccc(F)c2)C1. The molecule has 0 spiro atoms. The Hall–Kier alpha value is -2.47. The fourth-order valence-electron chi connectivity index (χ4n) is 2.38. The number of urea groups is 1. The molecule has 22 heavy (non-hydrogen) atoms. The molecular formula is C16H16FN3O2. The monoisotopic (exact) mass is 301 g/mol. The van der Waals surface area contributed by atoms with Crippen molar-refractivity contribution in [2.45, 2.75) is 6.10 Å². The van der Waals surface area contributed by atoms with Gasteiger partial charge in [-0.25, -0.2) is 9.18 Å². The minimum absolute atomic E-state index is 0.210. The van der Waals surface area contributed by atoms with E-state index in [1.54, 1.807) is 41.6 Å². The van der Waals surface area contributed by atoms with Gasteiger partial charge in [-0.3, -0.25) is 4.98 Å². The van der Waals surface area contributed by atoms with Crippen LogP contribution in [0.1, 0.15) is 11.7 Å². The van der Waals surface area contributed by atoms with Gasteiger partial charge in [0.1, 0.15) is 11.9 Å². The van der Waals surface area contributed by atoms with Gasteiger partial charge in [0.2, 0.25) is 0 Å². The van der Waals surface area contributed by atoms with Crippen molar-refractivity contribution in [1.82, 2.24) is 9.88 Å². The Kier molecular flexibility index (Phi) is 4.29. The van der Waals surface area contributed by atoms with Crippen molar-refractivity contribution in [1.29, 1.82) is 0 Å². The third-order valence-corrected chi connectivity index (χ3v) is 3.49. The number of nitrogens with one attached hydrogen (secondary N) is 1. The van der Waals surface area contributed by atoms with Crippen LogP contribution in [0.2, 0.25) is 0 Å². The summed E-state index contributed by atoms with van der Waals surface area (Å²) in [6.07, 6.45) is 2.91. The number of hydrogen-bond donors (Lipinski definition) is 1. The lowest BCUT2D eigenvalue weighted by atomic mass is 10.1. The number of carbonyl (C=O) groups excluding carboxylic acids is 1. The number of carbonyl (C=O) groups is 1. The molecule has 1 fully saturated rings. The van der Waals surface area contributed by atoms with E-state index in [4.69, 9.17) is 4.74 Å². The molecule has 1 atom stereocenters. The molecule has 0 bridgehead atoms. The van der Waals surface area contributed by atoms with E-state index in [1.165, 1.54) is 12.1 Å². The van der Waals surface area contributed by atoms with Crippen molar-refractivity contribution < 1.29 is 13.9 Å². The molecule has 0 aliphatic carbocycles. The number of benzene rings is 1. The Morgan fingerprint density at radius 1 is 1.36 bits per heavy atom. The second-order valence-corrected chi connectivity index (χ2v) is 5.03. The molecule has 2 heterocycles. The molecule has 6 heteroatoms. The zero-order valence-corrected chi connectivity index (χ0v) is 11.9. The maximum absolute atomic E-state index is 13.3. The number of halogens is 1. The third-order valence-electron chi connectivity index (χ3n) is 3.49. The van der Waals surface area contributed by atoms with E-state index in [0.29, 0.717) is 25.4 Å². The zero-order valence-electron chi connectivity index (χ0n) is 11.9. The molecule has 1 unspecified atom stereocenters. The van der Waals surface area contributed by atoms with Crippen LogP contribution in [-0.2, 0) is 4.74 Å². The second kappa shape index (κ2) is 6.53. The Balaban J connectivity index is 1.66. The summed E-state index contributed by atoms with van der Waals surface area (Å²) in [6.45, 7) is 1.30. The average molecular weight is 301 g/mol. The summed E-state index contributed by atoms with van der Waals surface area (Å²) in [5.74, 6) is -0.307. The van der Waals surface area contributed by atoms with Crippen LogP contribution in [0.3, 0.4) is 0 Å². The van der Waals surface area contributed by atoms with E-state index >= 15 is 0 Å². The molecule has 2 amide bonds. The minimum Gasteiger partial charge on any atom is -0.370 e. The van der Waals surface area contributed by atoms with Gasteiger partial charge in [-0.2, -0.15) is 0 Å². The van der Waals surface area contributed by atoms with Crippen LogP contribution in [0.5, 0.6) is 0 Å². The van der Waals surface area contributed by atoms with E-state index < -0.39 is 0 Å². The molecule has 1 aliphatic heterocycles. The van der Waals surface area contributed by atoms with E-state index in [9.17, 15) is 9.18 Å². The molecule has 1 aromatic heterocycles. The van der Waals surface area contributed by atoms with Gasteiger partial charge in [-0.05, 0) is 29.8 Å². The second-order valence-electron chi connectivity index (χ2n) is 5.03. The van der Waals surface area contributed by atoms with Gasteiger partial charge < -0.3 is 15.0 Å². The molecular weight excluding hydrogens is 285 g/mol. The first-order chi connectivity index (χ1) is 10.7. The number of nitrogens with zero attached hydrogens (tertiary/aromatic N) is 2. The number of anilines is 1. The van der Waals surface area contributed by atoms with E-state index in [-0.39, 0.29) is 18.0 Å². The topological polar surface area (TPSA) is 54.5 Å². The Labute approximate surface area is 127 Å². The molecule has 114 valence electrons. The Morgan fingerprint density at radius 3 is 3.05 bits per heavy atom. The van der Waals surface area contributed by atoms with Crippen LogP contribution in [0.15, 0.2) is 48.8 Å². The fourth-order valence-corrected chi connectivity index (χ4v) is 2.38. The minimum atomic E-state index is -0.316. The number of pyridine rings is 1. The lowest BCUT2D eigenvalue weighted by Gasteiger charge is -2.33. The third kappa shape index (κ3) is 3.40. The fraction of sp³-hybridized carbons (Fsp3) is 0.250. The normalized spacial score (nSPS) is 18.0. The number of hydrogen-bond acceptors (Lipinski definition) is 3. The van der Waals surface area contributed by atoms with Crippen LogP contribution < -0.4 is 5.32 Å². The van der Waals surface area contributed by atoms with Crippen LogP contribution >= 0.6 is 0 Å².